The molecule has 2 rings (SSSR count). The Morgan fingerprint density at radius 1 is 1.41 bits per heavy atom. The van der Waals surface area contributed by atoms with E-state index >= 15 is 0 Å². The highest BCUT2D eigenvalue weighted by atomic mass is 16.6. The number of carbonyl (C=O) groups is 1. The summed E-state index contributed by atoms with van der Waals surface area (Å²) < 4.78 is 10.2. The van der Waals surface area contributed by atoms with Gasteiger partial charge in [-0.15, -0.1) is 0 Å². The first kappa shape index (κ1) is 16.4. The van der Waals surface area contributed by atoms with Crippen molar-refractivity contribution in [1.82, 2.24) is 9.80 Å². The molecular weight excluding hydrogens is 290 g/mol. The zero-order valence-electron chi connectivity index (χ0n) is 12.7. The number of allylic oxidation sites excluding steroid dienone is 1. The van der Waals surface area contributed by atoms with Gasteiger partial charge in [-0.3, -0.25) is 15.0 Å². The topological polar surface area (TPSA) is 85.1 Å². The smallest absolute Gasteiger partial charge is 0.336 e. The van der Waals surface area contributed by atoms with E-state index in [0.29, 0.717) is 31.9 Å². The number of carbonyl (C=O) groups excluding carboxylic acids is 1. The highest BCUT2D eigenvalue weighted by Gasteiger charge is 2.24. The molecule has 0 spiro atoms. The lowest BCUT2D eigenvalue weighted by molar-refractivity contribution is -0.420. The molecule has 0 amide bonds. The minimum Gasteiger partial charge on any atom is -0.463 e. The Morgan fingerprint density at radius 2 is 2.14 bits per heavy atom. The molecule has 2 aliphatic heterocycles. The molecule has 0 atom stereocenters. The molecule has 0 N–H and O–H groups in total. The highest BCUT2D eigenvalue weighted by molar-refractivity contribution is 5.89. The van der Waals surface area contributed by atoms with Crippen LogP contribution in [0.3, 0.4) is 0 Å². The van der Waals surface area contributed by atoms with Crippen molar-refractivity contribution in [2.24, 2.45) is 0 Å². The Bertz CT molecular complexity index is 483. The van der Waals surface area contributed by atoms with Gasteiger partial charge in [0.2, 0.25) is 0 Å². The molecule has 0 bridgehead atoms. The summed E-state index contributed by atoms with van der Waals surface area (Å²) >= 11 is 0. The normalized spacial score (nSPS) is 19.4. The molecule has 0 unspecified atom stereocenters. The standard InChI is InChI=1S/C14H21N3O5/c1-2-22-14(18)12-9-13(17(19)20)11-16(10-12)4-3-15-5-7-21-8-6-15/h9,11H,2-8,10H2,1H3. The van der Waals surface area contributed by atoms with Crippen molar-refractivity contribution < 1.29 is 19.2 Å². The summed E-state index contributed by atoms with van der Waals surface area (Å²) in [5, 5.41) is 11.0. The van der Waals surface area contributed by atoms with E-state index in [1.807, 2.05) is 0 Å². The second-order valence-corrected chi connectivity index (χ2v) is 5.13. The Labute approximate surface area is 129 Å². The van der Waals surface area contributed by atoms with Crippen LogP contribution < -0.4 is 0 Å². The molecular formula is C14H21N3O5. The maximum absolute atomic E-state index is 11.8. The highest BCUT2D eigenvalue weighted by Crippen LogP contribution is 2.15. The average Bonchev–Trinajstić information content (AvgIpc) is 2.54. The van der Waals surface area contributed by atoms with Crippen molar-refractivity contribution in [3.05, 3.63) is 33.7 Å². The third-order valence-corrected chi connectivity index (χ3v) is 3.57. The summed E-state index contributed by atoms with van der Waals surface area (Å²) in [6.45, 7) is 6.84. The number of hydrogen-bond donors (Lipinski definition) is 0. The summed E-state index contributed by atoms with van der Waals surface area (Å²) in [6.07, 6.45) is 2.78. The van der Waals surface area contributed by atoms with Crippen LogP contribution in [0.4, 0.5) is 0 Å². The van der Waals surface area contributed by atoms with Crippen LogP contribution in [0.1, 0.15) is 6.92 Å². The zero-order valence-corrected chi connectivity index (χ0v) is 12.7. The van der Waals surface area contributed by atoms with Crippen molar-refractivity contribution in [3.63, 3.8) is 0 Å². The molecule has 0 aromatic heterocycles. The molecule has 1 saturated heterocycles. The monoisotopic (exact) mass is 311 g/mol. The summed E-state index contributed by atoms with van der Waals surface area (Å²) in [7, 11) is 0. The molecule has 122 valence electrons. The molecule has 2 heterocycles. The lowest BCUT2D eigenvalue weighted by Crippen LogP contribution is -2.41. The van der Waals surface area contributed by atoms with Crippen LogP contribution in [0, 0.1) is 10.1 Å². The van der Waals surface area contributed by atoms with E-state index in [9.17, 15) is 14.9 Å². The van der Waals surface area contributed by atoms with Crippen molar-refractivity contribution in [1.29, 1.82) is 0 Å². The van der Waals surface area contributed by atoms with E-state index in [2.05, 4.69) is 4.90 Å². The third-order valence-electron chi connectivity index (χ3n) is 3.57. The van der Waals surface area contributed by atoms with E-state index in [4.69, 9.17) is 9.47 Å². The first-order chi connectivity index (χ1) is 10.6. The van der Waals surface area contributed by atoms with Gasteiger partial charge in [-0.2, -0.15) is 0 Å². The molecule has 22 heavy (non-hydrogen) atoms. The number of morpholine rings is 1. The van der Waals surface area contributed by atoms with Crippen LogP contribution in [-0.4, -0.2) is 73.2 Å². The van der Waals surface area contributed by atoms with Crippen molar-refractivity contribution in [2.75, 3.05) is 52.5 Å². The second-order valence-electron chi connectivity index (χ2n) is 5.13. The van der Waals surface area contributed by atoms with Gasteiger partial charge in [-0.1, -0.05) is 0 Å². The van der Waals surface area contributed by atoms with Crippen LogP contribution >= 0.6 is 0 Å². The Morgan fingerprint density at radius 3 is 2.77 bits per heavy atom. The number of nitro groups is 1. The SMILES string of the molecule is CCOC(=O)C1=CC([N+](=O)[O-])=CN(CCN2CCOCC2)C1. The zero-order chi connectivity index (χ0) is 15.9. The molecule has 2 aliphatic rings. The lowest BCUT2D eigenvalue weighted by Gasteiger charge is -2.30. The number of nitrogens with zero attached hydrogens (tertiary/aromatic N) is 3. The second kappa shape index (κ2) is 7.90. The largest absolute Gasteiger partial charge is 0.463 e. The molecule has 1 fully saturated rings. The lowest BCUT2D eigenvalue weighted by atomic mass is 10.1. The van der Waals surface area contributed by atoms with Crippen molar-refractivity contribution in [3.8, 4) is 0 Å². The van der Waals surface area contributed by atoms with Gasteiger partial charge < -0.3 is 14.4 Å². The summed E-state index contributed by atoms with van der Waals surface area (Å²) in [4.78, 5) is 26.4. The number of rotatable bonds is 6. The summed E-state index contributed by atoms with van der Waals surface area (Å²) in [6, 6.07) is 0. The van der Waals surface area contributed by atoms with E-state index in [0.717, 1.165) is 19.6 Å². The van der Waals surface area contributed by atoms with Gasteiger partial charge in [-0.25, -0.2) is 4.79 Å². The Balaban J connectivity index is 1.97. The van der Waals surface area contributed by atoms with Crippen LogP contribution in [-0.2, 0) is 14.3 Å². The van der Waals surface area contributed by atoms with Gasteiger partial charge in [0.15, 0.2) is 0 Å². The maximum Gasteiger partial charge on any atom is 0.336 e. The summed E-state index contributed by atoms with van der Waals surface area (Å²) in [5.74, 6) is -0.494. The fourth-order valence-electron chi connectivity index (χ4n) is 2.40. The molecule has 0 aliphatic carbocycles. The van der Waals surface area contributed by atoms with Crippen LogP contribution in [0.5, 0.6) is 0 Å². The molecule has 0 aromatic rings. The fourth-order valence-corrected chi connectivity index (χ4v) is 2.40. The van der Waals surface area contributed by atoms with Gasteiger partial charge >= 0.3 is 5.97 Å². The van der Waals surface area contributed by atoms with Gasteiger partial charge in [-0.05, 0) is 6.92 Å². The van der Waals surface area contributed by atoms with Crippen molar-refractivity contribution in [2.45, 2.75) is 6.92 Å². The van der Waals surface area contributed by atoms with Crippen LogP contribution in [0.25, 0.3) is 0 Å². The molecule has 0 aromatic carbocycles. The minimum atomic E-state index is -0.494. The Kier molecular flexibility index (Phi) is 5.91. The predicted molar refractivity (Wildman–Crippen MR) is 78.6 cm³/mol. The summed E-state index contributed by atoms with van der Waals surface area (Å²) in [5.41, 5.74) is 0.231. The fraction of sp³-hybridized carbons (Fsp3) is 0.643. The van der Waals surface area contributed by atoms with Gasteiger partial charge in [0, 0.05) is 32.3 Å². The van der Waals surface area contributed by atoms with Crippen LogP contribution in [0.2, 0.25) is 0 Å². The number of hydrogen-bond acceptors (Lipinski definition) is 7. The van der Waals surface area contributed by atoms with Gasteiger partial charge in [0.25, 0.3) is 5.70 Å². The van der Waals surface area contributed by atoms with E-state index < -0.39 is 10.9 Å². The Hall–Kier alpha value is -1.93. The third kappa shape index (κ3) is 4.54. The average molecular weight is 311 g/mol. The first-order valence-electron chi connectivity index (χ1n) is 7.38. The number of esters is 1. The minimum absolute atomic E-state index is 0.0868. The quantitative estimate of drug-likeness (QED) is 0.394. The maximum atomic E-state index is 11.8. The molecule has 0 saturated carbocycles. The van der Waals surface area contributed by atoms with E-state index in [-0.39, 0.29) is 12.3 Å². The van der Waals surface area contributed by atoms with E-state index in [1.165, 1.54) is 12.3 Å². The number of ether oxygens (including phenoxy) is 2. The van der Waals surface area contributed by atoms with Crippen LogP contribution in [0.15, 0.2) is 23.5 Å². The molecule has 8 nitrogen and oxygen atoms in total. The first-order valence-corrected chi connectivity index (χ1v) is 7.38. The predicted octanol–water partition coefficient (Wildman–Crippen LogP) is 0.242. The molecule has 8 heteroatoms. The van der Waals surface area contributed by atoms with Gasteiger partial charge in [0.05, 0.1) is 43.1 Å². The van der Waals surface area contributed by atoms with E-state index in [1.54, 1.807) is 11.8 Å². The molecule has 0 radical (unpaired) electrons. The van der Waals surface area contributed by atoms with Crippen molar-refractivity contribution >= 4 is 5.97 Å². The van der Waals surface area contributed by atoms with Gasteiger partial charge in [0.1, 0.15) is 0 Å².